The van der Waals surface area contributed by atoms with Gasteiger partial charge in [-0.25, -0.2) is 8.78 Å². The normalized spacial score (nSPS) is 10.6. The number of hydrogen-bond acceptors (Lipinski definition) is 4. The lowest BCUT2D eigenvalue weighted by Crippen LogP contribution is -2.00. The molecular formula is C12H13F2N3O2. The van der Waals surface area contributed by atoms with E-state index in [1.165, 1.54) is 25.0 Å². The van der Waals surface area contributed by atoms with Crippen LogP contribution in [0, 0.1) is 11.6 Å². The predicted molar refractivity (Wildman–Crippen MR) is 66.1 cm³/mol. The van der Waals surface area contributed by atoms with Crippen LogP contribution < -0.4 is 15.2 Å². The molecule has 0 aliphatic heterocycles. The number of aryl methyl sites for hydroxylation is 1. The van der Waals surface area contributed by atoms with Gasteiger partial charge in [-0.2, -0.15) is 5.10 Å². The van der Waals surface area contributed by atoms with E-state index < -0.39 is 11.6 Å². The van der Waals surface area contributed by atoms with Gasteiger partial charge in [-0.3, -0.25) is 4.68 Å². The number of anilines is 1. The highest BCUT2D eigenvalue weighted by atomic mass is 19.1. The van der Waals surface area contributed by atoms with Crippen molar-refractivity contribution in [2.45, 2.75) is 0 Å². The molecule has 0 saturated carbocycles. The van der Waals surface area contributed by atoms with Crippen LogP contribution in [0.1, 0.15) is 0 Å². The number of rotatable bonds is 3. The minimum Gasteiger partial charge on any atom is -0.492 e. The summed E-state index contributed by atoms with van der Waals surface area (Å²) in [5.41, 5.74) is 5.90. The van der Waals surface area contributed by atoms with Crippen LogP contribution in [0.15, 0.2) is 12.1 Å². The van der Waals surface area contributed by atoms with Gasteiger partial charge in [-0.1, -0.05) is 0 Å². The van der Waals surface area contributed by atoms with Gasteiger partial charge in [0.2, 0.25) is 0 Å². The molecular weight excluding hydrogens is 256 g/mol. The summed E-state index contributed by atoms with van der Waals surface area (Å²) in [5.74, 6) is -1.53. The molecule has 1 heterocycles. The van der Waals surface area contributed by atoms with Crippen LogP contribution in [0.2, 0.25) is 0 Å². The molecule has 0 radical (unpaired) electrons. The Morgan fingerprint density at radius 1 is 1.11 bits per heavy atom. The second-order valence-corrected chi connectivity index (χ2v) is 3.86. The largest absolute Gasteiger partial charge is 0.492 e. The molecule has 2 N–H and O–H groups in total. The van der Waals surface area contributed by atoms with E-state index in [0.29, 0.717) is 5.82 Å². The summed E-state index contributed by atoms with van der Waals surface area (Å²) in [4.78, 5) is 0. The van der Waals surface area contributed by atoms with Gasteiger partial charge < -0.3 is 15.2 Å². The number of benzene rings is 1. The van der Waals surface area contributed by atoms with Crippen LogP contribution in [0.3, 0.4) is 0 Å². The van der Waals surface area contributed by atoms with E-state index in [1.54, 1.807) is 7.05 Å². The zero-order chi connectivity index (χ0) is 14.2. The minimum atomic E-state index is -0.843. The van der Waals surface area contributed by atoms with Gasteiger partial charge in [0.25, 0.3) is 0 Å². The van der Waals surface area contributed by atoms with Crippen molar-refractivity contribution in [3.05, 3.63) is 23.8 Å². The SMILES string of the molecule is COc1c(F)cc(F)c(-c2cc(N)n(C)n2)c1OC. The van der Waals surface area contributed by atoms with Gasteiger partial charge in [0, 0.05) is 19.2 Å². The van der Waals surface area contributed by atoms with E-state index >= 15 is 0 Å². The third-order valence-electron chi connectivity index (χ3n) is 2.72. The molecule has 5 nitrogen and oxygen atoms in total. The summed E-state index contributed by atoms with van der Waals surface area (Å²) < 4.78 is 38.9. The zero-order valence-corrected chi connectivity index (χ0v) is 10.7. The first-order chi connectivity index (χ1) is 8.99. The van der Waals surface area contributed by atoms with Gasteiger partial charge in [-0.05, 0) is 0 Å². The summed E-state index contributed by atoms with van der Waals surface area (Å²) in [6.45, 7) is 0. The van der Waals surface area contributed by atoms with Crippen molar-refractivity contribution >= 4 is 5.82 Å². The van der Waals surface area contributed by atoms with E-state index in [-0.39, 0.29) is 22.8 Å². The Hall–Kier alpha value is -2.31. The Morgan fingerprint density at radius 2 is 1.74 bits per heavy atom. The van der Waals surface area contributed by atoms with Crippen molar-refractivity contribution in [1.82, 2.24) is 9.78 Å². The van der Waals surface area contributed by atoms with E-state index in [2.05, 4.69) is 5.10 Å². The van der Waals surface area contributed by atoms with Gasteiger partial charge in [0.05, 0.1) is 19.8 Å². The zero-order valence-electron chi connectivity index (χ0n) is 10.7. The van der Waals surface area contributed by atoms with Crippen molar-refractivity contribution in [3.8, 4) is 22.8 Å². The first-order valence-electron chi connectivity index (χ1n) is 5.39. The van der Waals surface area contributed by atoms with Gasteiger partial charge >= 0.3 is 0 Å². The molecule has 0 aliphatic carbocycles. The smallest absolute Gasteiger partial charge is 0.197 e. The summed E-state index contributed by atoms with van der Waals surface area (Å²) in [5, 5.41) is 4.05. The van der Waals surface area contributed by atoms with Crippen LogP contribution in [-0.2, 0) is 7.05 Å². The van der Waals surface area contributed by atoms with E-state index in [1.807, 2.05) is 0 Å². The van der Waals surface area contributed by atoms with Crippen molar-refractivity contribution in [1.29, 1.82) is 0 Å². The molecule has 2 rings (SSSR count). The Bertz CT molecular complexity index is 606. The van der Waals surface area contributed by atoms with Gasteiger partial charge in [0.15, 0.2) is 17.3 Å². The number of hydrogen-bond donors (Lipinski definition) is 1. The Labute approximate surface area is 108 Å². The van der Waals surface area contributed by atoms with Crippen molar-refractivity contribution in [3.63, 3.8) is 0 Å². The molecule has 0 fully saturated rings. The predicted octanol–water partition coefficient (Wildman–Crippen LogP) is 1.96. The van der Waals surface area contributed by atoms with Gasteiger partial charge in [0.1, 0.15) is 17.3 Å². The maximum absolute atomic E-state index is 14.0. The highest BCUT2D eigenvalue weighted by Crippen LogP contribution is 2.41. The molecule has 0 amide bonds. The maximum Gasteiger partial charge on any atom is 0.197 e. The molecule has 0 spiro atoms. The topological polar surface area (TPSA) is 62.3 Å². The molecule has 1 aromatic heterocycles. The summed E-state index contributed by atoms with van der Waals surface area (Å²) in [7, 11) is 4.19. The van der Waals surface area contributed by atoms with Crippen LogP contribution in [0.4, 0.5) is 14.6 Å². The Morgan fingerprint density at radius 3 is 2.21 bits per heavy atom. The lowest BCUT2D eigenvalue weighted by Gasteiger charge is -2.12. The summed E-state index contributed by atoms with van der Waals surface area (Å²) in [6.07, 6.45) is 0. The monoisotopic (exact) mass is 269 g/mol. The first-order valence-corrected chi connectivity index (χ1v) is 5.39. The number of halogens is 2. The molecule has 2 aromatic rings. The third-order valence-corrected chi connectivity index (χ3v) is 2.72. The average Bonchev–Trinajstić information content (AvgIpc) is 2.68. The Balaban J connectivity index is 2.75. The second kappa shape index (κ2) is 4.75. The third kappa shape index (κ3) is 2.07. The average molecular weight is 269 g/mol. The Kier molecular flexibility index (Phi) is 3.28. The summed E-state index contributed by atoms with van der Waals surface area (Å²) >= 11 is 0. The molecule has 102 valence electrons. The quantitative estimate of drug-likeness (QED) is 0.925. The number of nitrogen functional groups attached to an aromatic ring is 1. The number of nitrogens with zero attached hydrogens (tertiary/aromatic N) is 2. The molecule has 0 unspecified atom stereocenters. The fourth-order valence-electron chi connectivity index (χ4n) is 1.81. The van der Waals surface area contributed by atoms with Gasteiger partial charge in [-0.15, -0.1) is 0 Å². The van der Waals surface area contributed by atoms with Crippen LogP contribution in [-0.4, -0.2) is 24.0 Å². The highest BCUT2D eigenvalue weighted by molar-refractivity contribution is 5.73. The second-order valence-electron chi connectivity index (χ2n) is 3.86. The molecule has 0 aliphatic rings. The lowest BCUT2D eigenvalue weighted by molar-refractivity contribution is 0.335. The first kappa shape index (κ1) is 13.1. The fourth-order valence-corrected chi connectivity index (χ4v) is 1.81. The van der Waals surface area contributed by atoms with Crippen molar-refractivity contribution in [2.75, 3.05) is 20.0 Å². The lowest BCUT2D eigenvalue weighted by atomic mass is 10.1. The van der Waals surface area contributed by atoms with Crippen LogP contribution in [0.5, 0.6) is 11.5 Å². The van der Waals surface area contributed by atoms with E-state index in [4.69, 9.17) is 15.2 Å². The molecule has 0 atom stereocenters. The number of aromatic nitrogens is 2. The summed E-state index contributed by atoms with van der Waals surface area (Å²) in [6, 6.07) is 2.19. The highest BCUT2D eigenvalue weighted by Gasteiger charge is 2.23. The van der Waals surface area contributed by atoms with Crippen molar-refractivity contribution < 1.29 is 18.3 Å². The fraction of sp³-hybridized carbons (Fsp3) is 0.250. The standard InChI is InChI=1S/C12H13F2N3O2/c1-17-9(15)5-8(16-17)10-6(13)4-7(14)11(18-2)12(10)19-3/h4-5H,15H2,1-3H3. The number of methoxy groups -OCH3 is 2. The number of ether oxygens (including phenoxy) is 2. The number of nitrogens with two attached hydrogens (primary N) is 1. The van der Waals surface area contributed by atoms with E-state index in [0.717, 1.165) is 6.07 Å². The molecule has 0 saturated heterocycles. The minimum absolute atomic E-state index is 0.00745. The molecule has 0 bridgehead atoms. The van der Waals surface area contributed by atoms with Crippen LogP contribution in [0.25, 0.3) is 11.3 Å². The molecule has 1 aromatic carbocycles. The van der Waals surface area contributed by atoms with Crippen LogP contribution >= 0.6 is 0 Å². The molecule has 19 heavy (non-hydrogen) atoms. The van der Waals surface area contributed by atoms with Crippen molar-refractivity contribution in [2.24, 2.45) is 7.05 Å². The molecule has 7 heteroatoms. The van der Waals surface area contributed by atoms with E-state index in [9.17, 15) is 8.78 Å². The maximum atomic E-state index is 14.0.